The monoisotopic (exact) mass is 167 g/mol. The average Bonchev–Trinajstić information content (AvgIpc) is 2.59. The first-order valence-corrected chi connectivity index (χ1v) is 4.73. The van der Waals surface area contributed by atoms with Gasteiger partial charge in [0, 0.05) is 5.92 Å². The zero-order valence-electron chi connectivity index (χ0n) is 7.88. The fourth-order valence-corrected chi connectivity index (χ4v) is 1.40. The van der Waals surface area contributed by atoms with E-state index in [0.717, 1.165) is 12.2 Å². The number of nitrogens with one attached hydrogen (secondary N) is 1. The van der Waals surface area contributed by atoms with Crippen molar-refractivity contribution in [2.24, 2.45) is 0 Å². The molecular weight excluding hydrogens is 150 g/mol. The van der Waals surface area contributed by atoms with Crippen molar-refractivity contribution in [3.05, 3.63) is 12.2 Å². The minimum absolute atomic E-state index is 0.576. The van der Waals surface area contributed by atoms with E-state index in [1.807, 2.05) is 0 Å². The second kappa shape index (κ2) is 4.91. The number of hydrogen-bond donors (Lipinski definition) is 1. The number of rotatable bonds is 5. The molecule has 1 aromatic heterocycles. The van der Waals surface area contributed by atoms with Gasteiger partial charge in [-0.3, -0.25) is 5.10 Å². The fourth-order valence-electron chi connectivity index (χ4n) is 1.40. The molecule has 0 saturated heterocycles. The molecule has 1 atom stereocenters. The molecule has 0 amide bonds. The molecule has 1 rings (SSSR count). The van der Waals surface area contributed by atoms with E-state index in [0.29, 0.717) is 5.92 Å². The van der Waals surface area contributed by atoms with Gasteiger partial charge in [0.1, 0.15) is 12.2 Å². The minimum atomic E-state index is 0.576. The summed E-state index contributed by atoms with van der Waals surface area (Å²) in [5.74, 6) is 1.62. The van der Waals surface area contributed by atoms with Gasteiger partial charge in [-0.2, -0.15) is 5.10 Å². The van der Waals surface area contributed by atoms with Crippen LogP contribution in [0.15, 0.2) is 6.33 Å². The van der Waals surface area contributed by atoms with Crippen molar-refractivity contribution in [3.63, 3.8) is 0 Å². The van der Waals surface area contributed by atoms with Crippen LogP contribution in [-0.4, -0.2) is 15.2 Å². The molecule has 0 spiro atoms. The number of aromatic amines is 1. The average molecular weight is 167 g/mol. The molecule has 0 fully saturated rings. The summed E-state index contributed by atoms with van der Waals surface area (Å²) in [6.45, 7) is 4.41. The maximum Gasteiger partial charge on any atom is 0.137 e. The zero-order chi connectivity index (χ0) is 8.81. The molecule has 1 N–H and O–H groups in total. The van der Waals surface area contributed by atoms with Crippen molar-refractivity contribution in [1.29, 1.82) is 0 Å². The first-order chi connectivity index (χ1) is 5.88. The molecule has 3 heteroatoms. The van der Waals surface area contributed by atoms with Gasteiger partial charge in [0.05, 0.1) is 0 Å². The van der Waals surface area contributed by atoms with Gasteiger partial charge in [-0.05, 0) is 12.8 Å². The molecule has 0 radical (unpaired) electrons. The smallest absolute Gasteiger partial charge is 0.137 e. The van der Waals surface area contributed by atoms with Crippen LogP contribution < -0.4 is 0 Å². The highest BCUT2D eigenvalue weighted by atomic mass is 15.2. The highest BCUT2D eigenvalue weighted by molar-refractivity contribution is 4.91. The number of nitrogens with zero attached hydrogens (tertiary/aromatic N) is 2. The second-order valence-corrected chi connectivity index (χ2v) is 3.12. The Kier molecular flexibility index (Phi) is 3.77. The van der Waals surface area contributed by atoms with E-state index in [4.69, 9.17) is 0 Å². The Balaban J connectivity index is 2.45. The topological polar surface area (TPSA) is 41.6 Å². The van der Waals surface area contributed by atoms with Gasteiger partial charge in [-0.15, -0.1) is 0 Å². The molecule has 12 heavy (non-hydrogen) atoms. The van der Waals surface area contributed by atoms with Crippen LogP contribution in [0.4, 0.5) is 0 Å². The Hall–Kier alpha value is -0.860. The predicted octanol–water partition coefficient (Wildman–Crippen LogP) is 2.49. The summed E-state index contributed by atoms with van der Waals surface area (Å²) in [4.78, 5) is 4.17. The molecule has 0 bridgehead atoms. The summed E-state index contributed by atoms with van der Waals surface area (Å²) in [5, 5.41) is 6.80. The van der Waals surface area contributed by atoms with Gasteiger partial charge in [0.15, 0.2) is 0 Å². The third kappa shape index (κ3) is 2.32. The molecule has 0 aliphatic heterocycles. The number of unbranched alkanes of at least 4 members (excludes halogenated alkanes) is 1. The van der Waals surface area contributed by atoms with E-state index in [-0.39, 0.29) is 0 Å². The Morgan fingerprint density at radius 2 is 2.33 bits per heavy atom. The van der Waals surface area contributed by atoms with E-state index in [9.17, 15) is 0 Å². The van der Waals surface area contributed by atoms with Crippen LogP contribution in [0.5, 0.6) is 0 Å². The van der Waals surface area contributed by atoms with Gasteiger partial charge >= 0.3 is 0 Å². The number of hydrogen-bond acceptors (Lipinski definition) is 2. The standard InChI is InChI=1S/C9H17N3/c1-3-5-6-8(4-2)9-10-7-11-12-9/h7-8H,3-6H2,1-2H3,(H,10,11,12)/t8-/m1/s1. The van der Waals surface area contributed by atoms with Crippen molar-refractivity contribution in [2.75, 3.05) is 0 Å². The maximum atomic E-state index is 4.17. The van der Waals surface area contributed by atoms with E-state index < -0.39 is 0 Å². The summed E-state index contributed by atoms with van der Waals surface area (Å²) in [7, 11) is 0. The highest BCUT2D eigenvalue weighted by Crippen LogP contribution is 2.21. The van der Waals surface area contributed by atoms with Crippen LogP contribution >= 0.6 is 0 Å². The van der Waals surface area contributed by atoms with Gasteiger partial charge in [-0.25, -0.2) is 4.98 Å². The van der Waals surface area contributed by atoms with Crippen LogP contribution in [0, 0.1) is 0 Å². The number of H-pyrrole nitrogens is 1. The van der Waals surface area contributed by atoms with Crippen molar-refractivity contribution < 1.29 is 0 Å². The predicted molar refractivity (Wildman–Crippen MR) is 48.9 cm³/mol. The SMILES string of the molecule is CCCC[C@@H](CC)c1ncn[nH]1. The zero-order valence-corrected chi connectivity index (χ0v) is 7.88. The van der Waals surface area contributed by atoms with Gasteiger partial charge in [-0.1, -0.05) is 26.7 Å². The van der Waals surface area contributed by atoms with Crippen LogP contribution in [0.1, 0.15) is 51.3 Å². The normalized spacial score (nSPS) is 13.2. The first-order valence-electron chi connectivity index (χ1n) is 4.73. The molecule has 0 saturated carbocycles. The van der Waals surface area contributed by atoms with Crippen molar-refractivity contribution >= 4 is 0 Å². The first kappa shape index (κ1) is 9.23. The second-order valence-electron chi connectivity index (χ2n) is 3.12. The molecule has 3 nitrogen and oxygen atoms in total. The third-order valence-electron chi connectivity index (χ3n) is 2.22. The van der Waals surface area contributed by atoms with E-state index in [1.54, 1.807) is 6.33 Å². The van der Waals surface area contributed by atoms with E-state index in [2.05, 4.69) is 29.0 Å². The summed E-state index contributed by atoms with van der Waals surface area (Å²) in [5.41, 5.74) is 0. The lowest BCUT2D eigenvalue weighted by molar-refractivity contribution is 0.545. The lowest BCUT2D eigenvalue weighted by Crippen LogP contribution is -1.99. The fraction of sp³-hybridized carbons (Fsp3) is 0.778. The van der Waals surface area contributed by atoms with Crippen LogP contribution in [0.25, 0.3) is 0 Å². The Bertz CT molecular complexity index is 194. The lowest BCUT2D eigenvalue weighted by atomic mass is 9.99. The highest BCUT2D eigenvalue weighted by Gasteiger charge is 2.10. The quantitative estimate of drug-likeness (QED) is 0.732. The van der Waals surface area contributed by atoms with Crippen LogP contribution in [0.3, 0.4) is 0 Å². The Labute approximate surface area is 73.6 Å². The van der Waals surface area contributed by atoms with Crippen LogP contribution in [0.2, 0.25) is 0 Å². The molecule has 0 aliphatic carbocycles. The third-order valence-corrected chi connectivity index (χ3v) is 2.22. The van der Waals surface area contributed by atoms with Gasteiger partial charge < -0.3 is 0 Å². The lowest BCUT2D eigenvalue weighted by Gasteiger charge is -2.09. The maximum absolute atomic E-state index is 4.17. The largest absolute Gasteiger partial charge is 0.263 e. The van der Waals surface area contributed by atoms with Crippen molar-refractivity contribution in [3.8, 4) is 0 Å². The molecule has 0 aliphatic rings. The number of aromatic nitrogens is 3. The summed E-state index contributed by atoms with van der Waals surface area (Å²) >= 11 is 0. The van der Waals surface area contributed by atoms with Gasteiger partial charge in [0.2, 0.25) is 0 Å². The van der Waals surface area contributed by atoms with Gasteiger partial charge in [0.25, 0.3) is 0 Å². The molecule has 1 aromatic rings. The molecular formula is C9H17N3. The van der Waals surface area contributed by atoms with Crippen LogP contribution in [-0.2, 0) is 0 Å². The van der Waals surface area contributed by atoms with E-state index in [1.165, 1.54) is 19.3 Å². The summed E-state index contributed by atoms with van der Waals surface area (Å²) in [6.07, 6.45) is 6.49. The summed E-state index contributed by atoms with van der Waals surface area (Å²) in [6, 6.07) is 0. The summed E-state index contributed by atoms with van der Waals surface area (Å²) < 4.78 is 0. The van der Waals surface area contributed by atoms with E-state index >= 15 is 0 Å². The molecule has 1 heterocycles. The van der Waals surface area contributed by atoms with Crippen molar-refractivity contribution in [2.45, 2.75) is 45.4 Å². The van der Waals surface area contributed by atoms with Crippen molar-refractivity contribution in [1.82, 2.24) is 15.2 Å². The molecule has 0 unspecified atom stereocenters. The Morgan fingerprint density at radius 1 is 1.50 bits per heavy atom. The minimum Gasteiger partial charge on any atom is -0.263 e. The Morgan fingerprint density at radius 3 is 2.83 bits per heavy atom. The molecule has 68 valence electrons. The molecule has 0 aromatic carbocycles.